The van der Waals surface area contributed by atoms with Crippen molar-refractivity contribution in [3.8, 4) is 0 Å². The van der Waals surface area contributed by atoms with E-state index in [1.54, 1.807) is 6.20 Å². The molecule has 0 bridgehead atoms. The zero-order valence-electron chi connectivity index (χ0n) is 9.58. The van der Waals surface area contributed by atoms with E-state index in [1.807, 2.05) is 4.68 Å². The van der Waals surface area contributed by atoms with E-state index in [2.05, 4.69) is 28.0 Å². The molecule has 1 aromatic rings. The maximum Gasteiger partial charge on any atom is 0.185 e. The topological polar surface area (TPSA) is 34.9 Å². The van der Waals surface area contributed by atoms with Crippen LogP contribution in [0.25, 0.3) is 0 Å². The molecule has 0 unspecified atom stereocenters. The summed E-state index contributed by atoms with van der Waals surface area (Å²) in [5, 5.41) is 4.25. The lowest BCUT2D eigenvalue weighted by molar-refractivity contribution is 0.0910. The van der Waals surface area contributed by atoms with E-state index in [0.29, 0.717) is 0 Å². The molecule has 1 aromatic heterocycles. The molecule has 1 heterocycles. The van der Waals surface area contributed by atoms with Crippen LogP contribution < -0.4 is 0 Å². The Morgan fingerprint density at radius 3 is 2.88 bits per heavy atom. The normalized spacial score (nSPS) is 16.9. The molecule has 0 atom stereocenters. The van der Waals surface area contributed by atoms with Crippen LogP contribution in [0.5, 0.6) is 0 Å². The fourth-order valence-electron chi connectivity index (χ4n) is 2.37. The quantitative estimate of drug-likeness (QED) is 0.794. The lowest BCUT2D eigenvalue weighted by atomic mass is 10.0. The van der Waals surface area contributed by atoms with Crippen LogP contribution in [0.2, 0.25) is 0 Å². The van der Waals surface area contributed by atoms with Crippen molar-refractivity contribution in [1.82, 2.24) is 9.78 Å². The molecule has 16 heavy (non-hydrogen) atoms. The predicted molar refractivity (Wildman–Crippen MR) is 66.5 cm³/mol. The second-order valence-corrected chi connectivity index (χ2v) is 5.26. The molecule has 0 saturated heterocycles. The molecule has 4 heteroatoms. The fraction of sp³-hybridized carbons (Fsp3) is 0.667. The molecule has 0 aromatic carbocycles. The molecule has 0 N–H and O–H groups in total. The number of Topliss-reactive ketones (excluding diaryl/α,β-unsaturated/α-hetero) is 1. The molecular weight excluding hydrogens is 268 g/mol. The highest BCUT2D eigenvalue weighted by Crippen LogP contribution is 2.30. The highest BCUT2D eigenvalue weighted by molar-refractivity contribution is 9.10. The van der Waals surface area contributed by atoms with E-state index >= 15 is 0 Å². The zero-order valence-corrected chi connectivity index (χ0v) is 11.2. The van der Waals surface area contributed by atoms with Crippen molar-refractivity contribution in [1.29, 1.82) is 0 Å². The highest BCUT2D eigenvalue weighted by atomic mass is 79.9. The third-order valence-corrected chi connectivity index (χ3v) is 3.77. The summed E-state index contributed by atoms with van der Waals surface area (Å²) >= 11 is 3.43. The summed E-state index contributed by atoms with van der Waals surface area (Å²) in [5.41, 5.74) is 0.772. The summed E-state index contributed by atoms with van der Waals surface area (Å²) in [6, 6.07) is 0. The van der Waals surface area contributed by atoms with Crippen LogP contribution in [-0.4, -0.2) is 15.6 Å². The Balaban J connectivity index is 2.23. The van der Waals surface area contributed by atoms with Crippen LogP contribution in [-0.2, 0) is 6.54 Å². The average molecular weight is 285 g/mol. The number of hydrogen-bond donors (Lipinski definition) is 0. The van der Waals surface area contributed by atoms with Gasteiger partial charge in [-0.2, -0.15) is 5.10 Å². The van der Waals surface area contributed by atoms with Gasteiger partial charge in [0.1, 0.15) is 5.69 Å². The summed E-state index contributed by atoms with van der Waals surface area (Å²) in [6.45, 7) is 2.92. The Morgan fingerprint density at radius 1 is 1.56 bits per heavy atom. The number of rotatable bonds is 4. The Hall–Kier alpha value is -0.640. The van der Waals surface area contributed by atoms with Gasteiger partial charge in [-0.1, -0.05) is 19.8 Å². The molecule has 2 rings (SSSR count). The van der Waals surface area contributed by atoms with Crippen molar-refractivity contribution in [2.45, 2.75) is 45.6 Å². The number of aromatic nitrogens is 2. The van der Waals surface area contributed by atoms with E-state index in [-0.39, 0.29) is 11.7 Å². The lowest BCUT2D eigenvalue weighted by Gasteiger charge is -2.10. The van der Waals surface area contributed by atoms with Gasteiger partial charge in [0, 0.05) is 12.5 Å². The van der Waals surface area contributed by atoms with Crippen LogP contribution >= 0.6 is 15.9 Å². The molecule has 1 saturated carbocycles. The van der Waals surface area contributed by atoms with Gasteiger partial charge in [-0.25, -0.2) is 0 Å². The van der Waals surface area contributed by atoms with Crippen LogP contribution in [0.4, 0.5) is 0 Å². The SMILES string of the molecule is CCCn1ncc(Br)c1C(=O)C1CCCC1. The molecule has 88 valence electrons. The van der Waals surface area contributed by atoms with Crippen molar-refractivity contribution in [3.63, 3.8) is 0 Å². The van der Waals surface area contributed by atoms with E-state index in [1.165, 1.54) is 12.8 Å². The first-order chi connectivity index (χ1) is 7.74. The summed E-state index contributed by atoms with van der Waals surface area (Å²) in [4.78, 5) is 12.3. The van der Waals surface area contributed by atoms with Crippen molar-refractivity contribution >= 4 is 21.7 Å². The maximum absolute atomic E-state index is 12.3. The molecule has 0 radical (unpaired) electrons. The smallest absolute Gasteiger partial charge is 0.185 e. The minimum absolute atomic E-state index is 0.226. The zero-order chi connectivity index (χ0) is 11.5. The molecule has 3 nitrogen and oxygen atoms in total. The van der Waals surface area contributed by atoms with Gasteiger partial charge in [-0.05, 0) is 35.2 Å². The van der Waals surface area contributed by atoms with Crippen molar-refractivity contribution in [2.24, 2.45) is 5.92 Å². The second kappa shape index (κ2) is 5.13. The number of ketones is 1. The molecular formula is C12H17BrN2O. The molecule has 1 fully saturated rings. The van der Waals surface area contributed by atoms with Gasteiger partial charge in [0.15, 0.2) is 5.78 Å². The number of carbonyl (C=O) groups excluding carboxylic acids is 1. The van der Waals surface area contributed by atoms with Crippen molar-refractivity contribution in [3.05, 3.63) is 16.4 Å². The van der Waals surface area contributed by atoms with E-state index in [9.17, 15) is 4.79 Å². The van der Waals surface area contributed by atoms with Gasteiger partial charge in [0.05, 0.1) is 10.7 Å². The van der Waals surface area contributed by atoms with E-state index < -0.39 is 0 Å². The van der Waals surface area contributed by atoms with Crippen LogP contribution in [0.15, 0.2) is 10.7 Å². The van der Waals surface area contributed by atoms with E-state index in [0.717, 1.165) is 36.0 Å². The number of halogens is 1. The number of aryl methyl sites for hydroxylation is 1. The standard InChI is InChI=1S/C12H17BrN2O/c1-2-7-15-11(10(13)8-14-15)12(16)9-5-3-4-6-9/h8-9H,2-7H2,1H3. The minimum Gasteiger partial charge on any atom is -0.292 e. The molecule has 0 amide bonds. The number of nitrogens with zero attached hydrogens (tertiary/aromatic N) is 2. The van der Waals surface area contributed by atoms with Gasteiger partial charge in [0.25, 0.3) is 0 Å². The van der Waals surface area contributed by atoms with E-state index in [4.69, 9.17) is 0 Å². The highest BCUT2D eigenvalue weighted by Gasteiger charge is 2.27. The van der Waals surface area contributed by atoms with Crippen LogP contribution in [0.1, 0.15) is 49.5 Å². The molecule has 0 spiro atoms. The van der Waals surface area contributed by atoms with Gasteiger partial charge in [0.2, 0.25) is 0 Å². The van der Waals surface area contributed by atoms with Crippen molar-refractivity contribution < 1.29 is 4.79 Å². The Morgan fingerprint density at radius 2 is 2.25 bits per heavy atom. The summed E-state index contributed by atoms with van der Waals surface area (Å²) in [7, 11) is 0. The van der Waals surface area contributed by atoms with Crippen LogP contribution in [0, 0.1) is 5.92 Å². The van der Waals surface area contributed by atoms with Crippen LogP contribution in [0.3, 0.4) is 0 Å². The molecule has 0 aliphatic heterocycles. The average Bonchev–Trinajstić information content (AvgIpc) is 2.88. The fourth-order valence-corrected chi connectivity index (χ4v) is 2.86. The first-order valence-corrected chi connectivity index (χ1v) is 6.79. The first-order valence-electron chi connectivity index (χ1n) is 5.99. The maximum atomic E-state index is 12.3. The largest absolute Gasteiger partial charge is 0.292 e. The predicted octanol–water partition coefficient (Wildman–Crippen LogP) is 3.43. The lowest BCUT2D eigenvalue weighted by Crippen LogP contribution is -2.17. The van der Waals surface area contributed by atoms with Gasteiger partial charge >= 0.3 is 0 Å². The third-order valence-electron chi connectivity index (χ3n) is 3.19. The molecule has 1 aliphatic rings. The van der Waals surface area contributed by atoms with Crippen molar-refractivity contribution in [2.75, 3.05) is 0 Å². The Bertz CT molecular complexity index is 380. The summed E-state index contributed by atoms with van der Waals surface area (Å²) in [6.07, 6.45) is 7.20. The number of carbonyl (C=O) groups is 1. The second-order valence-electron chi connectivity index (χ2n) is 4.41. The van der Waals surface area contributed by atoms with Gasteiger partial charge in [-0.3, -0.25) is 9.48 Å². The Labute approximate surface area is 104 Å². The minimum atomic E-state index is 0.226. The Kier molecular flexibility index (Phi) is 3.79. The van der Waals surface area contributed by atoms with Gasteiger partial charge < -0.3 is 0 Å². The summed E-state index contributed by atoms with van der Waals surface area (Å²) < 4.78 is 2.68. The number of hydrogen-bond acceptors (Lipinski definition) is 2. The van der Waals surface area contributed by atoms with Gasteiger partial charge in [-0.15, -0.1) is 0 Å². The third kappa shape index (κ3) is 2.21. The molecule has 1 aliphatic carbocycles. The summed E-state index contributed by atoms with van der Waals surface area (Å²) in [5.74, 6) is 0.499. The monoisotopic (exact) mass is 284 g/mol. The first kappa shape index (κ1) is 11.8.